The number of carbonyl (C=O) groups is 4. The number of ketones is 2. The fraction of sp³-hybridized carbons (Fsp3) is 0.385. The third-order valence-corrected chi connectivity index (χ3v) is 8.04. The first-order valence-electron chi connectivity index (χ1n) is 11.7. The van der Waals surface area contributed by atoms with Crippen molar-refractivity contribution in [3.05, 3.63) is 52.5 Å². The van der Waals surface area contributed by atoms with E-state index in [1.165, 1.54) is 29.4 Å². The molecule has 11 heteroatoms. The Morgan fingerprint density at radius 3 is 2.54 bits per heavy atom. The summed E-state index contributed by atoms with van der Waals surface area (Å²) in [4.78, 5) is 52.2. The van der Waals surface area contributed by atoms with Gasteiger partial charge in [-0.2, -0.15) is 0 Å². The number of Topliss-reactive ketones (excluding diaryl/α,β-unsaturated/α-hetero) is 2. The molecule has 1 aromatic heterocycles. The number of aldehydes is 1. The molecule has 1 fully saturated rings. The molecule has 0 radical (unpaired) electrons. The van der Waals surface area contributed by atoms with Crippen LogP contribution in [0, 0.1) is 17.8 Å². The first-order valence-corrected chi connectivity index (χ1v) is 11.7. The summed E-state index contributed by atoms with van der Waals surface area (Å²) in [7, 11) is 3.18. The van der Waals surface area contributed by atoms with E-state index < -0.39 is 58.7 Å². The highest BCUT2D eigenvalue weighted by Gasteiger charge is 2.66. The smallest absolute Gasteiger partial charge is 0.230 e. The minimum absolute atomic E-state index is 0.00795. The maximum Gasteiger partial charge on any atom is 0.230 e. The molecule has 0 spiro atoms. The third-order valence-electron chi connectivity index (χ3n) is 8.04. The van der Waals surface area contributed by atoms with Gasteiger partial charge in [0.05, 0.1) is 23.5 Å². The van der Waals surface area contributed by atoms with Crippen molar-refractivity contribution >= 4 is 23.8 Å². The van der Waals surface area contributed by atoms with Gasteiger partial charge in [-0.15, -0.1) is 0 Å². The lowest BCUT2D eigenvalue weighted by Gasteiger charge is -2.53. The average Bonchev–Trinajstić information content (AvgIpc) is 3.29. The molecule has 37 heavy (non-hydrogen) atoms. The number of phenolic OH excluding ortho intramolecular Hbond substituents is 1. The van der Waals surface area contributed by atoms with Gasteiger partial charge < -0.3 is 35.5 Å². The molecule has 1 heterocycles. The van der Waals surface area contributed by atoms with Crippen LogP contribution in [0.4, 0.5) is 0 Å². The number of aromatic hydroxyl groups is 1. The summed E-state index contributed by atoms with van der Waals surface area (Å²) in [5.41, 5.74) is 3.37. The van der Waals surface area contributed by atoms with E-state index in [0.717, 1.165) is 0 Å². The van der Waals surface area contributed by atoms with Gasteiger partial charge in [0, 0.05) is 23.1 Å². The Bertz CT molecular complexity index is 1390. The van der Waals surface area contributed by atoms with Crippen LogP contribution in [0.25, 0.3) is 11.3 Å². The van der Waals surface area contributed by atoms with Crippen LogP contribution in [0.2, 0.25) is 0 Å². The summed E-state index contributed by atoms with van der Waals surface area (Å²) in [6.07, 6.45) is 0.467. The number of phenols is 1. The Morgan fingerprint density at radius 1 is 1.22 bits per heavy atom. The fourth-order valence-corrected chi connectivity index (χ4v) is 6.45. The minimum atomic E-state index is -2.65. The lowest BCUT2D eigenvalue weighted by Crippen LogP contribution is -2.71. The molecule has 11 nitrogen and oxygen atoms in total. The first kappa shape index (κ1) is 24.9. The van der Waals surface area contributed by atoms with Crippen molar-refractivity contribution in [3.8, 4) is 17.1 Å². The largest absolute Gasteiger partial charge is 0.508 e. The van der Waals surface area contributed by atoms with Crippen molar-refractivity contribution in [1.29, 1.82) is 0 Å². The van der Waals surface area contributed by atoms with E-state index in [1.54, 1.807) is 14.1 Å². The van der Waals surface area contributed by atoms with Crippen molar-refractivity contribution in [3.63, 3.8) is 0 Å². The Hall–Kier alpha value is -3.80. The van der Waals surface area contributed by atoms with Gasteiger partial charge >= 0.3 is 0 Å². The maximum atomic E-state index is 13.7. The number of furan rings is 1. The highest BCUT2D eigenvalue weighted by Crippen LogP contribution is 2.53. The van der Waals surface area contributed by atoms with Crippen LogP contribution in [0.15, 0.2) is 40.2 Å². The van der Waals surface area contributed by atoms with Crippen LogP contribution in [0.5, 0.6) is 5.75 Å². The molecular weight excluding hydrogens is 484 g/mol. The van der Waals surface area contributed by atoms with E-state index in [0.29, 0.717) is 17.4 Å². The number of hydrogen-bond acceptors (Lipinski definition) is 10. The van der Waals surface area contributed by atoms with E-state index in [-0.39, 0.29) is 41.1 Å². The van der Waals surface area contributed by atoms with Gasteiger partial charge in [-0.05, 0) is 56.6 Å². The summed E-state index contributed by atoms with van der Waals surface area (Å²) in [6.45, 7) is 0. The maximum absolute atomic E-state index is 13.7. The number of hydrogen-bond donors (Lipinski definition) is 5. The second-order valence-corrected chi connectivity index (χ2v) is 10.1. The van der Waals surface area contributed by atoms with Crippen LogP contribution in [-0.2, 0) is 16.0 Å². The molecule has 3 aliphatic carbocycles. The molecule has 2 aromatic rings. The van der Waals surface area contributed by atoms with Gasteiger partial charge in [-0.25, -0.2) is 0 Å². The van der Waals surface area contributed by atoms with Crippen LogP contribution < -0.4 is 5.73 Å². The number of benzene rings is 1. The number of amides is 1. The highest BCUT2D eigenvalue weighted by molar-refractivity contribution is 6.16. The Morgan fingerprint density at radius 2 is 1.92 bits per heavy atom. The summed E-state index contributed by atoms with van der Waals surface area (Å²) in [5, 5.41) is 44.5. The van der Waals surface area contributed by atoms with Gasteiger partial charge in [0.1, 0.15) is 23.2 Å². The summed E-state index contributed by atoms with van der Waals surface area (Å²) >= 11 is 0. The van der Waals surface area contributed by atoms with Crippen LogP contribution in [0.1, 0.15) is 32.7 Å². The molecule has 3 aliphatic rings. The summed E-state index contributed by atoms with van der Waals surface area (Å²) in [5.74, 6) is -7.83. The number of nitrogens with zero attached hydrogens (tertiary/aromatic N) is 1. The van der Waals surface area contributed by atoms with Gasteiger partial charge in [0.25, 0.3) is 0 Å². The second kappa shape index (κ2) is 8.37. The molecule has 0 aliphatic heterocycles. The molecule has 1 amide bonds. The number of likely N-dealkylation sites (N-methyl/N-ethyl adjacent to an activating group) is 1. The van der Waals surface area contributed by atoms with Crippen molar-refractivity contribution in [1.82, 2.24) is 4.90 Å². The molecule has 0 bridgehead atoms. The van der Waals surface area contributed by atoms with Gasteiger partial charge in [-0.3, -0.25) is 19.2 Å². The Kier molecular flexibility index (Phi) is 5.63. The quantitative estimate of drug-likeness (QED) is 0.283. The number of carbonyl (C=O) groups excluding carboxylic acids is 4. The van der Waals surface area contributed by atoms with Crippen molar-refractivity contribution in [2.75, 3.05) is 14.1 Å². The molecule has 0 saturated heterocycles. The van der Waals surface area contributed by atoms with Crippen LogP contribution in [-0.4, -0.2) is 80.9 Å². The topological polar surface area (TPSA) is 192 Å². The number of primary amides is 1. The number of aliphatic hydroxyl groups is 3. The zero-order valence-corrected chi connectivity index (χ0v) is 20.0. The number of nitrogens with two attached hydrogens (primary N) is 1. The number of allylic oxidation sites excluding steroid dienone is 1. The predicted molar refractivity (Wildman–Crippen MR) is 127 cm³/mol. The van der Waals surface area contributed by atoms with Crippen molar-refractivity contribution < 1.29 is 44.0 Å². The Labute approximate surface area is 210 Å². The number of fused-ring (bicyclic) bond motifs is 3. The zero-order valence-electron chi connectivity index (χ0n) is 20.0. The van der Waals surface area contributed by atoms with E-state index in [1.807, 2.05) is 0 Å². The standard InChI is InChI=1S/C26H26N2O9/c1-28(2)19-14-8-11-7-13-12(22-10(9-29)5-6-37-22)3-4-15(30)17(13)20(31)16(11)23(33)26(14,36)24(34)18(21(19)32)25(27)35/h3-6,9,11,14,18-19,21,30,32-33,36H,7-8H2,1-2H3,(H2,27,35)/t11-,14-,18?,19-,21?,26-/m0/s1. The molecule has 6 N–H and O–H groups in total. The molecule has 6 atom stereocenters. The fourth-order valence-electron chi connectivity index (χ4n) is 6.45. The van der Waals surface area contributed by atoms with E-state index >= 15 is 0 Å². The summed E-state index contributed by atoms with van der Waals surface area (Å²) < 4.78 is 5.50. The van der Waals surface area contributed by atoms with Gasteiger partial charge in [-0.1, -0.05) is 0 Å². The lowest BCUT2D eigenvalue weighted by molar-refractivity contribution is -0.178. The number of rotatable bonds is 4. The van der Waals surface area contributed by atoms with Gasteiger partial charge in [0.15, 0.2) is 23.5 Å². The molecule has 1 saturated carbocycles. The SMILES string of the molecule is CN(C)[C@@H]1C(O)C(C(N)=O)C(=O)[C@@]2(O)C(O)=C3C(=O)c4c(O)ccc(-c5occc5C=O)c4C[C@H]3C[C@@H]12. The van der Waals surface area contributed by atoms with E-state index in [2.05, 4.69) is 0 Å². The van der Waals surface area contributed by atoms with Crippen LogP contribution >= 0.6 is 0 Å². The highest BCUT2D eigenvalue weighted by atomic mass is 16.4. The van der Waals surface area contributed by atoms with Crippen molar-refractivity contribution in [2.45, 2.75) is 30.6 Å². The molecule has 2 unspecified atom stereocenters. The van der Waals surface area contributed by atoms with Crippen LogP contribution in [0.3, 0.4) is 0 Å². The second-order valence-electron chi connectivity index (χ2n) is 10.1. The zero-order chi connectivity index (χ0) is 27.0. The van der Waals surface area contributed by atoms with Gasteiger partial charge in [0.2, 0.25) is 5.91 Å². The lowest BCUT2D eigenvalue weighted by atomic mass is 9.56. The number of aliphatic hydroxyl groups excluding tert-OH is 2. The predicted octanol–water partition coefficient (Wildman–Crippen LogP) is 0.358. The molecule has 194 valence electrons. The monoisotopic (exact) mass is 510 g/mol. The van der Waals surface area contributed by atoms with Crippen molar-refractivity contribution in [2.24, 2.45) is 23.5 Å². The molecular formula is C26H26N2O9. The third kappa shape index (κ3) is 3.24. The minimum Gasteiger partial charge on any atom is -0.508 e. The van der Waals surface area contributed by atoms with E-state index in [4.69, 9.17) is 10.2 Å². The normalized spacial score (nSPS) is 31.1. The average molecular weight is 510 g/mol. The first-order chi connectivity index (χ1) is 17.4. The molecule has 5 rings (SSSR count). The summed E-state index contributed by atoms with van der Waals surface area (Å²) in [6, 6.07) is 3.29. The Balaban J connectivity index is 1.72. The molecule has 1 aromatic carbocycles. The van der Waals surface area contributed by atoms with E-state index in [9.17, 15) is 39.6 Å².